The Balaban J connectivity index is 1.91. The van der Waals surface area contributed by atoms with Gasteiger partial charge in [-0.3, -0.25) is 9.29 Å². The number of carboxylic acids is 1. The first-order valence-corrected chi connectivity index (χ1v) is 13.8. The average Bonchev–Trinajstić information content (AvgIpc) is 3.11. The predicted octanol–water partition coefficient (Wildman–Crippen LogP) is 5.31. The molecule has 2 heterocycles. The van der Waals surface area contributed by atoms with Crippen molar-refractivity contribution in [3.8, 4) is 5.69 Å². The molecule has 16 heteroatoms. The number of nitrogens with one attached hydrogen (secondary N) is 1. The van der Waals surface area contributed by atoms with E-state index in [0.717, 1.165) is 39.8 Å². The Labute approximate surface area is 215 Å². The van der Waals surface area contributed by atoms with Crippen molar-refractivity contribution in [3.05, 3.63) is 50.9 Å². The van der Waals surface area contributed by atoms with Crippen molar-refractivity contribution >= 4 is 44.9 Å². The Morgan fingerprint density at radius 2 is 1.81 bits per heavy atom. The molecule has 0 spiro atoms. The minimum Gasteiger partial charge on any atom is -0.478 e. The molecule has 3 rings (SSSR count). The van der Waals surface area contributed by atoms with E-state index in [1.54, 1.807) is 13.8 Å². The zero-order valence-corrected chi connectivity index (χ0v) is 21.7. The van der Waals surface area contributed by atoms with Gasteiger partial charge in [0, 0.05) is 17.0 Å². The molecule has 2 aliphatic rings. The first-order valence-electron chi connectivity index (χ1n) is 10.5. The predicted molar refractivity (Wildman–Crippen MR) is 128 cm³/mol. The van der Waals surface area contributed by atoms with Crippen LogP contribution in [-0.4, -0.2) is 46.9 Å². The van der Waals surface area contributed by atoms with E-state index in [1.165, 1.54) is 12.1 Å². The summed E-state index contributed by atoms with van der Waals surface area (Å²) >= 11 is 2.22. The Morgan fingerprint density at radius 1 is 1.16 bits per heavy atom. The highest BCUT2D eigenvalue weighted by Crippen LogP contribution is 2.41. The van der Waals surface area contributed by atoms with Crippen LogP contribution < -0.4 is 10.4 Å². The topological polar surface area (TPSA) is 118 Å². The number of hydrogen-bond acceptors (Lipinski definition) is 7. The molecule has 0 unspecified atom stereocenters. The second-order valence-electron chi connectivity index (χ2n) is 7.87. The number of thioether (sulfide) groups is 1. The van der Waals surface area contributed by atoms with Gasteiger partial charge in [0.15, 0.2) is 5.82 Å². The quantitative estimate of drug-likeness (QED) is 0.188. The Kier molecular flexibility index (Phi) is 8.24. The van der Waals surface area contributed by atoms with E-state index in [1.807, 2.05) is 0 Å². The van der Waals surface area contributed by atoms with E-state index >= 15 is 0 Å². The lowest BCUT2D eigenvalue weighted by molar-refractivity contribution is -0.284. The monoisotopic (exact) mass is 585 g/mol. The summed E-state index contributed by atoms with van der Waals surface area (Å²) in [5.74, 6) is -6.54. The van der Waals surface area contributed by atoms with Crippen LogP contribution in [0.4, 0.5) is 27.8 Å². The van der Waals surface area contributed by atoms with Crippen molar-refractivity contribution in [2.45, 2.75) is 54.3 Å². The number of carboxylic acid groups (broad SMARTS) is 1. The van der Waals surface area contributed by atoms with Crippen molar-refractivity contribution in [1.82, 2.24) is 9.55 Å². The van der Waals surface area contributed by atoms with Crippen molar-refractivity contribution in [1.29, 1.82) is 0 Å². The first-order chi connectivity index (χ1) is 17.1. The van der Waals surface area contributed by atoms with Crippen molar-refractivity contribution in [2.24, 2.45) is 0 Å². The molecule has 0 aliphatic carbocycles. The van der Waals surface area contributed by atoms with Crippen LogP contribution in [0, 0.1) is 13.8 Å². The molecule has 0 amide bonds. The average molecular weight is 586 g/mol. The maximum absolute atomic E-state index is 13.1. The molecule has 0 radical (unpaired) electrons. The molecule has 2 N–H and O–H groups in total. The number of halogens is 5. The van der Waals surface area contributed by atoms with Crippen LogP contribution in [0.15, 0.2) is 38.2 Å². The van der Waals surface area contributed by atoms with Gasteiger partial charge >= 0.3 is 23.8 Å². The normalized spacial score (nSPS) is 12.7. The SMILES string of the molecule is Cc1sc(SCCCCC(F)(F)C(F)(F)F)c2c(NS(=O)(=O)c3ccccc3C(=O)O)nc(=O)n-2c1C. The minimum atomic E-state index is -5.63. The van der Waals surface area contributed by atoms with Gasteiger partial charge in [-0.15, -0.1) is 23.1 Å². The van der Waals surface area contributed by atoms with Gasteiger partial charge < -0.3 is 5.11 Å². The molecule has 202 valence electrons. The number of aromatic carboxylic acids is 1. The number of imidazole rings is 1. The van der Waals surface area contributed by atoms with Gasteiger partial charge in [-0.25, -0.2) is 18.0 Å². The molecule has 0 atom stereocenters. The van der Waals surface area contributed by atoms with Crippen molar-refractivity contribution in [2.75, 3.05) is 10.5 Å². The molecule has 0 fully saturated rings. The second kappa shape index (κ2) is 10.6. The highest BCUT2D eigenvalue weighted by molar-refractivity contribution is 8.01. The van der Waals surface area contributed by atoms with Crippen molar-refractivity contribution in [3.63, 3.8) is 0 Å². The van der Waals surface area contributed by atoms with Crippen LogP contribution in [-0.2, 0) is 10.0 Å². The number of sulfonamides is 1. The summed E-state index contributed by atoms with van der Waals surface area (Å²) in [4.78, 5) is 28.0. The highest BCUT2D eigenvalue weighted by atomic mass is 32.2. The summed E-state index contributed by atoms with van der Waals surface area (Å²) in [6.07, 6.45) is -7.42. The number of benzene rings is 1. The largest absolute Gasteiger partial charge is 0.478 e. The Morgan fingerprint density at radius 3 is 2.43 bits per heavy atom. The third-order valence-corrected chi connectivity index (χ3v) is 9.23. The van der Waals surface area contributed by atoms with E-state index in [2.05, 4.69) is 9.71 Å². The van der Waals surface area contributed by atoms with Crippen LogP contribution in [0.1, 0.15) is 40.2 Å². The fourth-order valence-corrected chi connectivity index (χ4v) is 7.03. The first kappa shape index (κ1) is 28.8. The molecule has 8 nitrogen and oxygen atoms in total. The lowest BCUT2D eigenvalue weighted by Crippen LogP contribution is -2.36. The molecule has 37 heavy (non-hydrogen) atoms. The van der Waals surface area contributed by atoms with Crippen LogP contribution in [0.2, 0.25) is 0 Å². The summed E-state index contributed by atoms with van der Waals surface area (Å²) in [6.45, 7) is 3.30. The van der Waals surface area contributed by atoms with Crippen molar-refractivity contribution < 1.29 is 40.3 Å². The molecule has 0 saturated carbocycles. The second-order valence-corrected chi connectivity index (χ2v) is 12.1. The molecule has 0 aromatic heterocycles. The number of fused-ring (bicyclic) bond motifs is 1. The molecule has 1 aromatic rings. The van der Waals surface area contributed by atoms with Gasteiger partial charge in [-0.1, -0.05) is 12.1 Å². The molecule has 0 bridgehead atoms. The molecule has 1 aromatic carbocycles. The van der Waals surface area contributed by atoms with E-state index in [9.17, 15) is 45.1 Å². The van der Waals surface area contributed by atoms with Gasteiger partial charge in [0.2, 0.25) is 0 Å². The Hall–Kier alpha value is -2.72. The molecular formula is C21H20F5N3O5S3. The standard InChI is InChI=1S/C21H20F5N3O5S3/c1-11-12(2)36-18(35-10-6-5-9-20(22,23)21(24,25)26)15-16(27-19(32)29(11)15)28-37(33,34)14-8-4-3-7-13(14)17(30)31/h3-4,7-8H,5-6,9-10H2,1-2H3,(H,30,31)(H,27,28,32). The van der Waals surface area contributed by atoms with E-state index in [4.69, 9.17) is 0 Å². The smallest absolute Gasteiger partial charge is 0.453 e. The summed E-state index contributed by atoms with van der Waals surface area (Å²) in [7, 11) is -4.51. The number of alkyl halides is 5. The molecule has 2 aliphatic heterocycles. The molecule has 0 saturated heterocycles. The zero-order chi connectivity index (χ0) is 27.8. The number of aryl methyl sites for hydroxylation is 1. The van der Waals surface area contributed by atoms with Crippen LogP contribution in [0.25, 0.3) is 5.69 Å². The van der Waals surface area contributed by atoms with Gasteiger partial charge in [-0.05, 0) is 44.6 Å². The third kappa shape index (κ3) is 6.06. The lowest BCUT2D eigenvalue weighted by atomic mass is 10.1. The van der Waals surface area contributed by atoms with Crippen LogP contribution in [0.3, 0.4) is 0 Å². The summed E-state index contributed by atoms with van der Waals surface area (Å²) in [5, 5.41) is 9.34. The minimum absolute atomic E-state index is 0.00639. The summed E-state index contributed by atoms with van der Waals surface area (Å²) in [6, 6.07) is 4.84. The summed E-state index contributed by atoms with van der Waals surface area (Å²) in [5.41, 5.74) is -0.775. The van der Waals surface area contributed by atoms with E-state index in [0.29, 0.717) is 14.8 Å². The zero-order valence-electron chi connectivity index (χ0n) is 19.2. The van der Waals surface area contributed by atoms with E-state index < -0.39 is 57.1 Å². The number of rotatable bonds is 10. The number of carbonyl (C=O) groups is 1. The maximum Gasteiger partial charge on any atom is 0.453 e. The Bertz CT molecular complexity index is 1450. The number of anilines is 1. The van der Waals surface area contributed by atoms with Gasteiger partial charge in [0.1, 0.15) is 10.6 Å². The van der Waals surface area contributed by atoms with Gasteiger partial charge in [0.05, 0.1) is 9.77 Å². The highest BCUT2D eigenvalue weighted by Gasteiger charge is 2.56. The maximum atomic E-state index is 13.1. The number of aromatic nitrogens is 2. The number of hydrogen-bond donors (Lipinski definition) is 2. The third-order valence-electron chi connectivity index (χ3n) is 5.30. The summed E-state index contributed by atoms with van der Waals surface area (Å²) < 4.78 is 93.1. The van der Waals surface area contributed by atoms with E-state index in [-0.39, 0.29) is 23.7 Å². The molecular weight excluding hydrogens is 565 g/mol. The van der Waals surface area contributed by atoms with Crippen LogP contribution in [0.5, 0.6) is 0 Å². The van der Waals surface area contributed by atoms with Gasteiger partial charge in [-0.2, -0.15) is 26.9 Å². The fraction of sp³-hybridized carbons (Fsp3) is 0.381. The fourth-order valence-electron chi connectivity index (χ4n) is 3.30. The van der Waals surface area contributed by atoms with Crippen LogP contribution >= 0.6 is 23.1 Å². The lowest BCUT2D eigenvalue weighted by Gasteiger charge is -2.19. The van der Waals surface area contributed by atoms with Gasteiger partial charge in [0.25, 0.3) is 10.0 Å². The number of unbranched alkanes of at least 4 members (excludes halogenated alkanes) is 1. The number of nitrogens with zero attached hydrogens (tertiary/aromatic N) is 2.